The topological polar surface area (TPSA) is 110 Å². The summed E-state index contributed by atoms with van der Waals surface area (Å²) in [5, 5.41) is 31.4. The molecule has 1 heterocycles. The molecule has 0 spiro atoms. The van der Waals surface area contributed by atoms with Gasteiger partial charge in [0.25, 0.3) is 0 Å². The largest absolute Gasteiger partial charge is 0.670 e. The number of benzene rings is 2. The highest BCUT2D eigenvalue weighted by atomic mass is 16.5. The number of ether oxygens (including phenoxy) is 2. The van der Waals surface area contributed by atoms with E-state index in [-0.39, 0.29) is 36.0 Å². The Bertz CT molecular complexity index is 1160. The number of carbonyl (C=O) groups excluding carboxylic acids is 1. The molecule has 2 unspecified atom stereocenters. The maximum Gasteiger partial charge on any atom is 0.163 e. The number of hydrogen-bond donors (Lipinski definition) is 3. The molecule has 3 rings (SSSR count). The fourth-order valence-corrected chi connectivity index (χ4v) is 4.74. The summed E-state index contributed by atoms with van der Waals surface area (Å²) in [6, 6.07) is 10.5. The van der Waals surface area contributed by atoms with Crippen molar-refractivity contribution in [1.29, 1.82) is 0 Å². The lowest BCUT2D eigenvalue weighted by Crippen LogP contribution is -2.28. The summed E-state index contributed by atoms with van der Waals surface area (Å²) in [5.74, 6) is 1.08. The van der Waals surface area contributed by atoms with E-state index in [1.54, 1.807) is 43.8 Å². The number of aromatic nitrogens is 1. The first kappa shape index (κ1) is 28.1. The van der Waals surface area contributed by atoms with Crippen LogP contribution < -0.4 is 14.5 Å². The summed E-state index contributed by atoms with van der Waals surface area (Å²) >= 11 is 0. The van der Waals surface area contributed by atoms with Gasteiger partial charge in [-0.15, -0.1) is 0 Å². The number of aryl methyl sites for hydroxylation is 1. The Morgan fingerprint density at radius 1 is 0.946 bits per heavy atom. The van der Waals surface area contributed by atoms with Gasteiger partial charge in [0.2, 0.25) is 0 Å². The fraction of sp³-hybridized carbons (Fsp3) is 0.433. The molecule has 2 aromatic carbocycles. The van der Waals surface area contributed by atoms with Gasteiger partial charge in [-0.2, -0.15) is 12.4 Å². The second-order valence-corrected chi connectivity index (χ2v) is 10.0. The van der Waals surface area contributed by atoms with Crippen LogP contribution in [0.4, 0.5) is 0 Å². The van der Waals surface area contributed by atoms with Crippen molar-refractivity contribution in [1.82, 2.24) is 4.98 Å². The number of hydrogen-bond acceptors (Lipinski definition) is 6. The number of nitrogens with zero attached hydrogens (tertiary/aromatic N) is 1. The summed E-state index contributed by atoms with van der Waals surface area (Å²) in [7, 11) is 3.03. The van der Waals surface area contributed by atoms with E-state index in [2.05, 4.69) is 18.8 Å². The number of ketones is 1. The lowest BCUT2D eigenvalue weighted by molar-refractivity contribution is -0.121. The zero-order valence-corrected chi connectivity index (χ0v) is 22.1. The van der Waals surface area contributed by atoms with E-state index in [0.717, 1.165) is 28.7 Å². The second kappa shape index (κ2) is 13.2. The van der Waals surface area contributed by atoms with Crippen molar-refractivity contribution in [3.63, 3.8) is 0 Å². The molecular weight excluding hydrogens is 470 g/mol. The van der Waals surface area contributed by atoms with Crippen LogP contribution in [0.15, 0.2) is 48.8 Å². The van der Waals surface area contributed by atoms with Crippen LogP contribution in [-0.2, 0) is 30.5 Å². The molecule has 37 heavy (non-hydrogen) atoms. The maximum atomic E-state index is 12.9. The Morgan fingerprint density at radius 3 is 2.35 bits per heavy atom. The molecule has 0 saturated carbocycles. The smallest absolute Gasteiger partial charge is 0.163 e. The second-order valence-electron chi connectivity index (χ2n) is 10.0. The predicted molar refractivity (Wildman–Crippen MR) is 142 cm³/mol. The molecule has 0 aliphatic rings. The van der Waals surface area contributed by atoms with Crippen molar-refractivity contribution in [3.8, 4) is 23.0 Å². The van der Waals surface area contributed by atoms with Gasteiger partial charge in [-0.25, -0.2) is 0 Å². The highest BCUT2D eigenvalue weighted by Gasteiger charge is 2.25. The predicted octanol–water partition coefficient (Wildman–Crippen LogP) is 4.63. The fourth-order valence-electron chi connectivity index (χ4n) is 4.74. The van der Waals surface area contributed by atoms with E-state index >= 15 is 0 Å². The Morgan fingerprint density at radius 2 is 1.70 bits per heavy atom. The first-order valence-corrected chi connectivity index (χ1v) is 12.7. The number of carbonyl (C=O) groups is 1. The average molecular weight is 509 g/mol. The van der Waals surface area contributed by atoms with Gasteiger partial charge >= 0.3 is 0 Å². The van der Waals surface area contributed by atoms with Gasteiger partial charge < -0.3 is 29.8 Å². The molecule has 0 saturated heterocycles. The molecule has 2 atom stereocenters. The summed E-state index contributed by atoms with van der Waals surface area (Å²) in [4.78, 5) is 17.0. The van der Waals surface area contributed by atoms with Crippen molar-refractivity contribution in [2.45, 2.75) is 58.5 Å². The van der Waals surface area contributed by atoms with E-state index in [0.29, 0.717) is 36.7 Å². The van der Waals surface area contributed by atoms with E-state index in [9.17, 15) is 20.1 Å². The number of phenols is 2. The van der Waals surface area contributed by atoms with Crippen molar-refractivity contribution >= 4 is 5.78 Å². The lowest BCUT2D eigenvalue weighted by atomic mass is 9.83. The van der Waals surface area contributed by atoms with Crippen LogP contribution in [0.5, 0.6) is 23.0 Å². The lowest BCUT2D eigenvalue weighted by Gasteiger charge is -2.25. The van der Waals surface area contributed by atoms with Crippen molar-refractivity contribution < 1.29 is 29.6 Å². The van der Waals surface area contributed by atoms with Crippen LogP contribution in [0.2, 0.25) is 0 Å². The summed E-state index contributed by atoms with van der Waals surface area (Å²) in [6.45, 7) is 4.22. The van der Waals surface area contributed by atoms with E-state index in [1.807, 2.05) is 12.1 Å². The molecule has 0 bridgehead atoms. The van der Waals surface area contributed by atoms with Crippen LogP contribution >= 0.6 is 0 Å². The van der Waals surface area contributed by atoms with Gasteiger partial charge in [0.05, 0.1) is 20.3 Å². The van der Waals surface area contributed by atoms with Gasteiger partial charge in [-0.05, 0) is 66.8 Å². The van der Waals surface area contributed by atoms with Gasteiger partial charge in [0, 0.05) is 18.4 Å². The first-order valence-electron chi connectivity index (χ1n) is 12.7. The quantitative estimate of drug-likeness (QED) is 0.291. The Kier molecular flexibility index (Phi) is 10.0. The third kappa shape index (κ3) is 7.76. The average Bonchev–Trinajstić information content (AvgIpc) is 3.37. The van der Waals surface area contributed by atoms with Crippen LogP contribution in [-0.4, -0.2) is 41.4 Å². The number of Topliss-reactive ketones (excluding diaryl/α,β-unsaturated/α-hetero) is 1. The summed E-state index contributed by atoms with van der Waals surface area (Å²) in [6.07, 6.45) is 5.32. The van der Waals surface area contributed by atoms with E-state index < -0.39 is 6.10 Å². The third-order valence-electron chi connectivity index (χ3n) is 6.67. The van der Waals surface area contributed by atoms with Crippen LogP contribution in [0, 0.1) is 11.8 Å². The zero-order valence-electron chi connectivity index (χ0n) is 22.1. The zero-order chi connectivity index (χ0) is 26.9. The highest BCUT2D eigenvalue weighted by molar-refractivity contribution is 5.79. The summed E-state index contributed by atoms with van der Waals surface area (Å²) in [5.41, 5.74) is 3.81. The van der Waals surface area contributed by atoms with E-state index in [4.69, 9.17) is 9.47 Å². The SMILES string of the molecule is COc1cc(CCC(=O)CC(O)C(Cc2cc[n-]c2)Cc2ccc(O)c(OC)c2CC(C)C)ccc1O. The number of aliphatic hydroxyl groups excluding tert-OH is 1. The molecule has 0 aliphatic heterocycles. The third-order valence-corrected chi connectivity index (χ3v) is 6.67. The van der Waals surface area contributed by atoms with Crippen molar-refractivity contribution in [2.24, 2.45) is 11.8 Å². The maximum absolute atomic E-state index is 12.9. The molecular formula is C30H38NO6-. The number of rotatable bonds is 14. The highest BCUT2D eigenvalue weighted by Crippen LogP contribution is 2.36. The molecule has 0 aliphatic carbocycles. The minimum Gasteiger partial charge on any atom is -0.670 e. The Hall–Kier alpha value is -3.45. The van der Waals surface area contributed by atoms with Gasteiger partial charge in [0.15, 0.2) is 23.0 Å². The number of phenolic OH excluding ortho intramolecular Hbond substituents is 2. The molecule has 0 fully saturated rings. The number of aromatic hydroxyl groups is 2. The molecule has 7 nitrogen and oxygen atoms in total. The van der Waals surface area contributed by atoms with Gasteiger partial charge in [0.1, 0.15) is 5.78 Å². The standard InChI is InChI=1S/C30H38NO6/c1-19(2)13-25-22(7-10-27(34)30(25)37-4)16-23(14-21-11-12-31-18-21)28(35)17-24(32)8-5-20-6-9-26(33)29(15-20)36-3/h6-7,9-12,15,18-19,23,28,33-35H,5,8,13-14,16-17H2,1-4H3/q-1. The Balaban J connectivity index is 1.76. The molecule has 3 aromatic rings. The van der Waals surface area contributed by atoms with Crippen LogP contribution in [0.25, 0.3) is 0 Å². The molecule has 7 heteroatoms. The van der Waals surface area contributed by atoms with Crippen molar-refractivity contribution in [2.75, 3.05) is 14.2 Å². The monoisotopic (exact) mass is 508 g/mol. The van der Waals surface area contributed by atoms with Gasteiger partial charge in [-0.1, -0.05) is 37.6 Å². The van der Waals surface area contributed by atoms with Crippen LogP contribution in [0.3, 0.4) is 0 Å². The molecule has 1 aromatic heterocycles. The van der Waals surface area contributed by atoms with Crippen molar-refractivity contribution in [3.05, 3.63) is 71.0 Å². The normalized spacial score (nSPS) is 12.9. The van der Waals surface area contributed by atoms with Crippen LogP contribution in [0.1, 0.15) is 48.9 Å². The molecule has 200 valence electrons. The minimum atomic E-state index is -0.844. The first-order chi connectivity index (χ1) is 17.7. The number of aliphatic hydroxyl groups is 1. The van der Waals surface area contributed by atoms with Gasteiger partial charge in [-0.3, -0.25) is 4.79 Å². The molecule has 0 radical (unpaired) electrons. The van der Waals surface area contributed by atoms with E-state index in [1.165, 1.54) is 7.11 Å². The molecule has 3 N–H and O–H groups in total. The number of methoxy groups -OCH3 is 2. The Labute approximate surface area is 219 Å². The minimum absolute atomic E-state index is 0.0316. The molecule has 0 amide bonds. The summed E-state index contributed by atoms with van der Waals surface area (Å²) < 4.78 is 10.7.